The molecule has 1 aromatic carbocycles. The van der Waals surface area contributed by atoms with Gasteiger partial charge in [0.05, 0.1) is 18.2 Å². The van der Waals surface area contributed by atoms with Crippen LogP contribution in [-0.4, -0.2) is 24.1 Å². The van der Waals surface area contributed by atoms with Crippen LogP contribution < -0.4 is 10.1 Å². The Balaban J connectivity index is 1.56. The molecule has 1 aliphatic rings. The largest absolute Gasteiger partial charge is 0.489 e. The maximum absolute atomic E-state index is 13.1. The van der Waals surface area contributed by atoms with Crippen molar-refractivity contribution >= 4 is 28.2 Å². The highest BCUT2D eigenvalue weighted by molar-refractivity contribution is 7.17. The molecule has 0 fully saturated rings. The summed E-state index contributed by atoms with van der Waals surface area (Å²) in [7, 11) is 1.33. The third-order valence-electron chi connectivity index (χ3n) is 5.18. The van der Waals surface area contributed by atoms with Crippen molar-refractivity contribution in [3.8, 4) is 5.75 Å². The number of amides is 1. The lowest BCUT2D eigenvalue weighted by Crippen LogP contribution is -2.17. The molecule has 1 amide bonds. The van der Waals surface area contributed by atoms with Crippen molar-refractivity contribution in [1.29, 1.82) is 0 Å². The number of nitrogens with zero attached hydrogens (tertiary/aromatic N) is 1. The van der Waals surface area contributed by atoms with Gasteiger partial charge < -0.3 is 19.3 Å². The highest BCUT2D eigenvalue weighted by Gasteiger charge is 2.29. The number of esters is 1. The Morgan fingerprint density at radius 1 is 1.23 bits per heavy atom. The van der Waals surface area contributed by atoms with Gasteiger partial charge in [0.25, 0.3) is 5.91 Å². The van der Waals surface area contributed by atoms with Gasteiger partial charge in [-0.15, -0.1) is 11.3 Å². The number of aromatic nitrogens is 1. The third kappa shape index (κ3) is 4.32. The third-order valence-corrected chi connectivity index (χ3v) is 6.39. The maximum Gasteiger partial charge on any atom is 0.341 e. The molecule has 0 bridgehead atoms. The van der Waals surface area contributed by atoms with E-state index in [-0.39, 0.29) is 18.1 Å². The van der Waals surface area contributed by atoms with E-state index in [9.17, 15) is 14.0 Å². The Morgan fingerprint density at radius 3 is 2.71 bits per heavy atom. The SMILES string of the molecule is COC(=O)c1c(NC(=O)c2noc(C)c2COc2ccc(F)cc2)sc2c1CCCC2. The summed E-state index contributed by atoms with van der Waals surface area (Å²) in [5, 5.41) is 7.14. The fraction of sp³-hybridized carbons (Fsp3) is 0.318. The summed E-state index contributed by atoms with van der Waals surface area (Å²) >= 11 is 1.39. The topological polar surface area (TPSA) is 90.7 Å². The Labute approximate surface area is 182 Å². The molecule has 0 unspecified atom stereocenters. The highest BCUT2D eigenvalue weighted by Crippen LogP contribution is 2.38. The number of fused-ring (bicyclic) bond motifs is 1. The lowest BCUT2D eigenvalue weighted by Gasteiger charge is -2.11. The number of ether oxygens (including phenoxy) is 2. The second-order valence-electron chi connectivity index (χ2n) is 7.17. The van der Waals surface area contributed by atoms with Crippen molar-refractivity contribution in [2.24, 2.45) is 0 Å². The molecule has 0 radical (unpaired) electrons. The number of carbonyl (C=O) groups excluding carboxylic acids is 2. The lowest BCUT2D eigenvalue weighted by molar-refractivity contribution is 0.0601. The van der Waals surface area contributed by atoms with Crippen LogP contribution in [0.25, 0.3) is 0 Å². The number of carbonyl (C=O) groups is 2. The van der Waals surface area contributed by atoms with E-state index >= 15 is 0 Å². The van der Waals surface area contributed by atoms with Crippen molar-refractivity contribution in [2.75, 3.05) is 12.4 Å². The minimum atomic E-state index is -0.502. The maximum atomic E-state index is 13.1. The average Bonchev–Trinajstić information content (AvgIpc) is 3.32. The van der Waals surface area contributed by atoms with Gasteiger partial charge in [0.1, 0.15) is 28.9 Å². The number of anilines is 1. The Morgan fingerprint density at radius 2 is 1.97 bits per heavy atom. The van der Waals surface area contributed by atoms with Gasteiger partial charge in [-0.1, -0.05) is 5.16 Å². The van der Waals surface area contributed by atoms with Gasteiger partial charge in [0.15, 0.2) is 5.69 Å². The van der Waals surface area contributed by atoms with E-state index in [1.54, 1.807) is 6.92 Å². The molecule has 1 aliphatic carbocycles. The fourth-order valence-electron chi connectivity index (χ4n) is 3.56. The molecule has 0 atom stereocenters. The smallest absolute Gasteiger partial charge is 0.341 e. The first-order chi connectivity index (χ1) is 15.0. The molecule has 31 heavy (non-hydrogen) atoms. The van der Waals surface area contributed by atoms with E-state index in [2.05, 4.69) is 10.5 Å². The van der Waals surface area contributed by atoms with Crippen molar-refractivity contribution in [3.63, 3.8) is 0 Å². The fourth-order valence-corrected chi connectivity index (χ4v) is 4.83. The van der Waals surface area contributed by atoms with E-state index in [0.717, 1.165) is 36.1 Å². The van der Waals surface area contributed by atoms with Gasteiger partial charge in [-0.2, -0.15) is 0 Å². The molecule has 9 heteroatoms. The minimum absolute atomic E-state index is 0.0223. The highest BCUT2D eigenvalue weighted by atomic mass is 32.1. The monoisotopic (exact) mass is 444 g/mol. The average molecular weight is 444 g/mol. The Hall–Kier alpha value is -3.20. The molecular formula is C22H21FN2O5S. The predicted octanol–water partition coefficient (Wildman–Crippen LogP) is 4.68. The van der Waals surface area contributed by atoms with Crippen LogP contribution >= 0.6 is 11.3 Å². The van der Waals surface area contributed by atoms with E-state index in [1.165, 1.54) is 42.7 Å². The van der Waals surface area contributed by atoms with E-state index in [1.807, 2.05) is 0 Å². The van der Waals surface area contributed by atoms with E-state index in [4.69, 9.17) is 14.0 Å². The van der Waals surface area contributed by atoms with Crippen LogP contribution in [0.1, 0.15) is 55.5 Å². The van der Waals surface area contributed by atoms with Crippen LogP contribution in [-0.2, 0) is 24.2 Å². The zero-order valence-electron chi connectivity index (χ0n) is 17.1. The summed E-state index contributed by atoms with van der Waals surface area (Å²) in [4.78, 5) is 26.5. The molecule has 1 N–H and O–H groups in total. The van der Waals surface area contributed by atoms with Crippen LogP contribution in [0.4, 0.5) is 9.39 Å². The number of benzene rings is 1. The molecule has 0 saturated carbocycles. The minimum Gasteiger partial charge on any atom is -0.489 e. The number of thiophene rings is 1. The number of nitrogens with one attached hydrogen (secondary N) is 1. The molecule has 3 aromatic rings. The Bertz CT molecular complexity index is 1120. The summed E-state index contributed by atoms with van der Waals surface area (Å²) in [6.45, 7) is 1.70. The van der Waals surface area contributed by atoms with Crippen LogP contribution in [0.2, 0.25) is 0 Å². The van der Waals surface area contributed by atoms with Gasteiger partial charge >= 0.3 is 5.97 Å². The van der Waals surface area contributed by atoms with Gasteiger partial charge in [-0.25, -0.2) is 9.18 Å². The second-order valence-corrected chi connectivity index (χ2v) is 8.27. The van der Waals surface area contributed by atoms with Crippen molar-refractivity contribution in [2.45, 2.75) is 39.2 Å². The van der Waals surface area contributed by atoms with Crippen LogP contribution in [0.5, 0.6) is 5.75 Å². The first kappa shape index (κ1) is 21.0. The zero-order valence-corrected chi connectivity index (χ0v) is 17.9. The second kappa shape index (κ2) is 8.89. The number of aryl methyl sites for hydroxylation is 2. The lowest BCUT2D eigenvalue weighted by atomic mass is 9.95. The number of hydrogen-bond acceptors (Lipinski definition) is 7. The molecule has 0 aliphatic heterocycles. The number of rotatable bonds is 6. The number of halogens is 1. The van der Waals surface area contributed by atoms with Gasteiger partial charge in [-0.3, -0.25) is 4.79 Å². The summed E-state index contributed by atoms with van der Waals surface area (Å²) in [5.74, 6) is -0.448. The molecule has 7 nitrogen and oxygen atoms in total. The molecule has 2 aromatic heterocycles. The Kier molecular flexibility index (Phi) is 6.03. The summed E-state index contributed by atoms with van der Waals surface area (Å²) < 4.78 is 28.9. The van der Waals surface area contributed by atoms with E-state index < -0.39 is 11.9 Å². The normalized spacial score (nSPS) is 12.9. The van der Waals surface area contributed by atoms with Gasteiger partial charge in [0, 0.05) is 4.88 Å². The molecule has 4 rings (SSSR count). The summed E-state index contributed by atoms with van der Waals surface area (Å²) in [5.41, 5.74) is 1.92. The van der Waals surface area contributed by atoms with E-state index in [0.29, 0.717) is 27.6 Å². The van der Waals surface area contributed by atoms with Crippen molar-refractivity contribution in [3.05, 3.63) is 63.1 Å². The van der Waals surface area contributed by atoms with Crippen LogP contribution in [0.3, 0.4) is 0 Å². The summed E-state index contributed by atoms with van der Waals surface area (Å²) in [6, 6.07) is 5.57. The molecule has 0 saturated heterocycles. The molecule has 0 spiro atoms. The number of methoxy groups -OCH3 is 1. The zero-order chi connectivity index (χ0) is 22.0. The van der Waals surface area contributed by atoms with Gasteiger partial charge in [0.2, 0.25) is 0 Å². The van der Waals surface area contributed by atoms with Crippen molar-refractivity contribution < 1.29 is 28.0 Å². The first-order valence-electron chi connectivity index (χ1n) is 9.85. The predicted molar refractivity (Wildman–Crippen MR) is 112 cm³/mol. The summed E-state index contributed by atoms with van der Waals surface area (Å²) in [6.07, 6.45) is 3.70. The number of hydrogen-bond donors (Lipinski definition) is 1. The first-order valence-corrected chi connectivity index (χ1v) is 10.7. The van der Waals surface area contributed by atoms with Crippen LogP contribution in [0.15, 0.2) is 28.8 Å². The molecule has 162 valence electrons. The molecular weight excluding hydrogens is 423 g/mol. The quantitative estimate of drug-likeness (QED) is 0.555. The van der Waals surface area contributed by atoms with Crippen molar-refractivity contribution in [1.82, 2.24) is 5.16 Å². The van der Waals surface area contributed by atoms with Crippen LogP contribution in [0, 0.1) is 12.7 Å². The molecule has 2 heterocycles. The standard InChI is InChI=1S/C22H21FN2O5S/c1-12-16(11-29-14-9-7-13(23)8-10-14)19(25-30-12)20(26)24-21-18(22(27)28-2)15-5-3-4-6-17(15)31-21/h7-10H,3-6,11H2,1-2H3,(H,24,26). The van der Waals surface area contributed by atoms with Gasteiger partial charge in [-0.05, 0) is 62.4 Å².